The molecular formula is C19H23F5N4O2. The van der Waals surface area contributed by atoms with Crippen molar-refractivity contribution in [2.45, 2.75) is 18.5 Å². The highest BCUT2D eigenvalue weighted by Crippen LogP contribution is 2.45. The zero-order valence-corrected chi connectivity index (χ0v) is 16.5. The normalized spacial score (nSPS) is 14.5. The van der Waals surface area contributed by atoms with E-state index in [4.69, 9.17) is 20.6 Å². The van der Waals surface area contributed by atoms with E-state index in [1.54, 1.807) is 4.90 Å². The van der Waals surface area contributed by atoms with Crippen molar-refractivity contribution in [3.8, 4) is 0 Å². The zero-order valence-electron chi connectivity index (χ0n) is 16.5. The SMILES string of the molecule is COCCN(CCOC)C(=N)C1=Cc2ccc(C(F)(F)C(F)(F)F)cc2N=C(N)C1. The highest BCUT2D eigenvalue weighted by Gasteiger charge is 2.58. The van der Waals surface area contributed by atoms with Crippen LogP contribution in [0, 0.1) is 5.41 Å². The van der Waals surface area contributed by atoms with E-state index >= 15 is 0 Å². The Kier molecular flexibility index (Phi) is 7.54. The Bertz CT molecular complexity index is 829. The van der Waals surface area contributed by atoms with Crippen LogP contribution in [-0.2, 0) is 15.4 Å². The number of fused-ring (bicyclic) bond motifs is 1. The smallest absolute Gasteiger partial charge is 0.387 e. The molecule has 166 valence electrons. The van der Waals surface area contributed by atoms with Crippen LogP contribution in [0.3, 0.4) is 0 Å². The van der Waals surface area contributed by atoms with E-state index in [-0.39, 0.29) is 29.3 Å². The Morgan fingerprint density at radius 2 is 1.73 bits per heavy atom. The van der Waals surface area contributed by atoms with Crippen LogP contribution in [0.4, 0.5) is 27.6 Å². The Morgan fingerprint density at radius 3 is 2.27 bits per heavy atom. The fourth-order valence-electron chi connectivity index (χ4n) is 2.84. The highest BCUT2D eigenvalue weighted by molar-refractivity contribution is 6.06. The third-order valence-corrected chi connectivity index (χ3v) is 4.47. The van der Waals surface area contributed by atoms with Crippen molar-refractivity contribution >= 4 is 23.4 Å². The molecule has 0 aliphatic carbocycles. The van der Waals surface area contributed by atoms with Gasteiger partial charge in [0.25, 0.3) is 0 Å². The van der Waals surface area contributed by atoms with Gasteiger partial charge in [-0.25, -0.2) is 4.99 Å². The third kappa shape index (κ3) is 5.33. The number of ether oxygens (including phenoxy) is 2. The Balaban J connectivity index is 2.41. The Labute approximate surface area is 170 Å². The van der Waals surface area contributed by atoms with E-state index in [2.05, 4.69) is 4.99 Å². The molecule has 1 aromatic carbocycles. The number of rotatable bonds is 8. The van der Waals surface area contributed by atoms with E-state index in [1.807, 2.05) is 0 Å². The average molecular weight is 434 g/mol. The van der Waals surface area contributed by atoms with Gasteiger partial charge in [0.15, 0.2) is 0 Å². The first kappa shape index (κ1) is 23.7. The van der Waals surface area contributed by atoms with Gasteiger partial charge >= 0.3 is 12.1 Å². The summed E-state index contributed by atoms with van der Waals surface area (Å²) in [6.07, 6.45) is -4.17. The fraction of sp³-hybridized carbons (Fsp3) is 0.474. The van der Waals surface area contributed by atoms with Gasteiger partial charge in [0.05, 0.1) is 18.9 Å². The van der Waals surface area contributed by atoms with Crippen LogP contribution in [0.25, 0.3) is 6.08 Å². The molecule has 0 spiro atoms. The van der Waals surface area contributed by atoms with Gasteiger partial charge in [0, 0.05) is 50.4 Å². The number of hydrogen-bond acceptors (Lipinski definition) is 5. The summed E-state index contributed by atoms with van der Waals surface area (Å²) >= 11 is 0. The number of nitrogens with two attached hydrogens (primary N) is 1. The molecule has 0 saturated heterocycles. The lowest BCUT2D eigenvalue weighted by Gasteiger charge is -2.26. The molecular weight excluding hydrogens is 411 g/mol. The maximum absolute atomic E-state index is 13.7. The highest BCUT2D eigenvalue weighted by atomic mass is 19.4. The zero-order chi connectivity index (χ0) is 22.5. The van der Waals surface area contributed by atoms with Crippen molar-refractivity contribution in [3.05, 3.63) is 34.9 Å². The maximum atomic E-state index is 13.7. The van der Waals surface area contributed by atoms with E-state index < -0.39 is 17.7 Å². The van der Waals surface area contributed by atoms with Crippen LogP contribution < -0.4 is 5.73 Å². The van der Waals surface area contributed by atoms with Crippen LogP contribution >= 0.6 is 0 Å². The summed E-state index contributed by atoms with van der Waals surface area (Å²) < 4.78 is 75.6. The van der Waals surface area contributed by atoms with Gasteiger partial charge in [0.1, 0.15) is 11.7 Å². The summed E-state index contributed by atoms with van der Waals surface area (Å²) in [5.74, 6) is -4.91. The molecule has 3 N–H and O–H groups in total. The molecule has 1 aliphatic rings. The number of alkyl halides is 5. The average Bonchev–Trinajstić information content (AvgIpc) is 2.84. The van der Waals surface area contributed by atoms with E-state index in [0.717, 1.165) is 6.07 Å². The number of nitrogens with zero attached hydrogens (tertiary/aromatic N) is 2. The molecule has 0 atom stereocenters. The van der Waals surface area contributed by atoms with E-state index in [9.17, 15) is 22.0 Å². The lowest BCUT2D eigenvalue weighted by molar-refractivity contribution is -0.289. The lowest BCUT2D eigenvalue weighted by Crippen LogP contribution is -2.37. The Hall–Kier alpha value is -2.53. The number of nitrogens with one attached hydrogen (secondary N) is 1. The minimum atomic E-state index is -5.73. The second-order valence-electron chi connectivity index (χ2n) is 6.62. The summed E-state index contributed by atoms with van der Waals surface area (Å²) in [6.45, 7) is 1.51. The summed E-state index contributed by atoms with van der Waals surface area (Å²) in [5, 5.41) is 8.52. The van der Waals surface area contributed by atoms with Gasteiger partial charge in [-0.05, 0) is 12.1 Å². The van der Waals surface area contributed by atoms with Crippen molar-refractivity contribution in [1.29, 1.82) is 5.41 Å². The van der Waals surface area contributed by atoms with Gasteiger partial charge in [-0.2, -0.15) is 22.0 Å². The van der Waals surface area contributed by atoms with Gasteiger partial charge < -0.3 is 20.1 Å². The quantitative estimate of drug-likeness (QED) is 0.371. The molecule has 1 aliphatic heterocycles. The van der Waals surface area contributed by atoms with Crippen molar-refractivity contribution < 1.29 is 31.4 Å². The minimum absolute atomic E-state index is 0.00402. The molecule has 30 heavy (non-hydrogen) atoms. The number of methoxy groups -OCH3 is 2. The van der Waals surface area contributed by atoms with Crippen molar-refractivity contribution in [3.63, 3.8) is 0 Å². The molecule has 0 radical (unpaired) electrons. The molecule has 2 rings (SSSR count). The molecule has 1 heterocycles. The van der Waals surface area contributed by atoms with Gasteiger partial charge in [-0.3, -0.25) is 5.41 Å². The maximum Gasteiger partial charge on any atom is 0.458 e. The largest absolute Gasteiger partial charge is 0.458 e. The molecule has 0 aromatic heterocycles. The van der Waals surface area contributed by atoms with Crippen molar-refractivity contribution in [1.82, 2.24) is 4.90 Å². The molecule has 6 nitrogen and oxygen atoms in total. The summed E-state index contributed by atoms with van der Waals surface area (Å²) in [7, 11) is 3.05. The molecule has 11 heteroatoms. The van der Waals surface area contributed by atoms with Crippen LogP contribution in [0.2, 0.25) is 0 Å². The Morgan fingerprint density at radius 1 is 1.13 bits per heavy atom. The first-order chi connectivity index (χ1) is 14.0. The standard InChI is InChI=1S/C19H23F5N4O2/c1-29-7-5-28(6-8-30-2)17(26)13-9-12-3-4-14(18(20,21)19(22,23)24)11-15(12)27-16(25)10-13/h3-4,9,11,26H,5-8,10H2,1-2H3,(H2,25,27). The van der Waals surface area contributed by atoms with Gasteiger partial charge in [-0.15, -0.1) is 0 Å². The molecule has 0 amide bonds. The molecule has 0 unspecified atom stereocenters. The van der Waals surface area contributed by atoms with Crippen molar-refractivity contribution in [2.75, 3.05) is 40.5 Å². The lowest BCUT2D eigenvalue weighted by atomic mass is 10.0. The monoisotopic (exact) mass is 434 g/mol. The molecule has 0 fully saturated rings. The molecule has 1 aromatic rings. The fourth-order valence-corrected chi connectivity index (χ4v) is 2.84. The molecule has 0 saturated carbocycles. The van der Waals surface area contributed by atoms with Crippen LogP contribution in [0.5, 0.6) is 0 Å². The van der Waals surface area contributed by atoms with Crippen LogP contribution in [0.1, 0.15) is 17.5 Å². The minimum Gasteiger partial charge on any atom is -0.387 e. The summed E-state index contributed by atoms with van der Waals surface area (Å²) in [5.41, 5.74) is 5.25. The first-order valence-corrected chi connectivity index (χ1v) is 8.95. The predicted octanol–water partition coefficient (Wildman–Crippen LogP) is 3.69. The second-order valence-corrected chi connectivity index (χ2v) is 6.62. The predicted molar refractivity (Wildman–Crippen MR) is 103 cm³/mol. The first-order valence-electron chi connectivity index (χ1n) is 8.95. The number of amidine groups is 2. The molecule has 0 bridgehead atoms. The van der Waals surface area contributed by atoms with Crippen molar-refractivity contribution in [2.24, 2.45) is 10.7 Å². The number of benzene rings is 1. The van der Waals surface area contributed by atoms with Crippen LogP contribution in [0.15, 0.2) is 28.8 Å². The summed E-state index contributed by atoms with van der Waals surface area (Å²) in [4.78, 5) is 5.69. The number of halogens is 5. The number of aliphatic imine (C=N–C) groups is 1. The van der Waals surface area contributed by atoms with E-state index in [0.29, 0.717) is 44.0 Å². The van der Waals surface area contributed by atoms with Gasteiger partial charge in [-0.1, -0.05) is 12.1 Å². The topological polar surface area (TPSA) is 83.9 Å². The number of hydrogen-bond donors (Lipinski definition) is 2. The van der Waals surface area contributed by atoms with Gasteiger partial charge in [0.2, 0.25) is 0 Å². The van der Waals surface area contributed by atoms with E-state index in [1.165, 1.54) is 20.3 Å². The second kappa shape index (κ2) is 9.52. The van der Waals surface area contributed by atoms with Crippen LogP contribution in [-0.4, -0.2) is 63.3 Å². The summed E-state index contributed by atoms with van der Waals surface area (Å²) in [6, 6.07) is 2.50. The third-order valence-electron chi connectivity index (χ3n) is 4.47.